The Balaban J connectivity index is 1.30. The SMILES string of the molecule is O=C(Nc1ccc(OC(F)(F)F)cc1)OCCSCC1COc2ccccc2O1. The molecule has 1 amide bonds. The molecule has 1 aliphatic rings. The van der Waals surface area contributed by atoms with Crippen molar-refractivity contribution in [3.63, 3.8) is 0 Å². The van der Waals surface area contributed by atoms with Crippen LogP contribution in [-0.2, 0) is 4.74 Å². The molecular formula is C19H18F3NO5S. The van der Waals surface area contributed by atoms with Crippen molar-refractivity contribution in [3.8, 4) is 17.2 Å². The summed E-state index contributed by atoms with van der Waals surface area (Å²) in [6, 6.07) is 12.2. The first-order valence-electron chi connectivity index (χ1n) is 8.65. The third-order valence-electron chi connectivity index (χ3n) is 3.67. The van der Waals surface area contributed by atoms with E-state index in [1.165, 1.54) is 12.1 Å². The number of alkyl halides is 3. The minimum Gasteiger partial charge on any atom is -0.486 e. The molecule has 10 heteroatoms. The van der Waals surface area contributed by atoms with E-state index < -0.39 is 12.5 Å². The van der Waals surface area contributed by atoms with Crippen LogP contribution >= 0.6 is 11.8 Å². The second-order valence-corrected chi connectivity index (χ2v) is 7.06. The van der Waals surface area contributed by atoms with Gasteiger partial charge in [0.25, 0.3) is 0 Å². The average Bonchev–Trinajstić information content (AvgIpc) is 2.68. The number of carbonyl (C=O) groups excluding carboxylic acids is 1. The van der Waals surface area contributed by atoms with Gasteiger partial charge < -0.3 is 18.9 Å². The highest BCUT2D eigenvalue weighted by molar-refractivity contribution is 7.99. The molecule has 1 heterocycles. The van der Waals surface area contributed by atoms with Crippen LogP contribution in [0.1, 0.15) is 0 Å². The van der Waals surface area contributed by atoms with Gasteiger partial charge in [0.1, 0.15) is 25.1 Å². The molecule has 0 bridgehead atoms. The van der Waals surface area contributed by atoms with Crippen LogP contribution in [0, 0.1) is 0 Å². The van der Waals surface area contributed by atoms with Gasteiger partial charge in [-0.2, -0.15) is 11.8 Å². The van der Waals surface area contributed by atoms with Crippen molar-refractivity contribution in [3.05, 3.63) is 48.5 Å². The van der Waals surface area contributed by atoms with E-state index >= 15 is 0 Å². The number of hydrogen-bond acceptors (Lipinski definition) is 6. The Hall–Kier alpha value is -2.75. The number of benzene rings is 2. The van der Waals surface area contributed by atoms with Crippen molar-refractivity contribution >= 4 is 23.5 Å². The van der Waals surface area contributed by atoms with Crippen molar-refractivity contribution in [2.75, 3.05) is 30.0 Å². The van der Waals surface area contributed by atoms with E-state index in [4.69, 9.17) is 14.2 Å². The van der Waals surface area contributed by atoms with Gasteiger partial charge in [0.15, 0.2) is 11.5 Å². The molecule has 1 N–H and O–H groups in total. The number of anilines is 1. The van der Waals surface area contributed by atoms with E-state index in [0.717, 1.165) is 17.9 Å². The summed E-state index contributed by atoms with van der Waals surface area (Å²) in [7, 11) is 0. The van der Waals surface area contributed by atoms with Crippen LogP contribution in [0.15, 0.2) is 48.5 Å². The van der Waals surface area contributed by atoms with Crippen molar-refractivity contribution < 1.29 is 36.9 Å². The Morgan fingerprint density at radius 2 is 1.86 bits per heavy atom. The normalized spacial score (nSPS) is 15.5. The standard InChI is InChI=1S/C19H18F3NO5S/c20-19(21,22)28-14-7-5-13(6-8-14)23-18(24)25-9-10-29-12-15-11-26-16-3-1-2-4-17(16)27-15/h1-8,15H,9-12H2,(H,23,24). The van der Waals surface area contributed by atoms with Gasteiger partial charge in [0, 0.05) is 17.2 Å². The van der Waals surface area contributed by atoms with Gasteiger partial charge in [0.05, 0.1) is 0 Å². The number of thioether (sulfide) groups is 1. The predicted molar refractivity (Wildman–Crippen MR) is 102 cm³/mol. The minimum atomic E-state index is -4.76. The predicted octanol–water partition coefficient (Wildman–Crippen LogP) is 4.71. The van der Waals surface area contributed by atoms with Gasteiger partial charge >= 0.3 is 12.5 Å². The lowest BCUT2D eigenvalue weighted by Crippen LogP contribution is -2.31. The van der Waals surface area contributed by atoms with Crippen LogP contribution in [-0.4, -0.2) is 43.3 Å². The summed E-state index contributed by atoms with van der Waals surface area (Å²) < 4.78 is 56.6. The average molecular weight is 429 g/mol. The third kappa shape index (κ3) is 6.97. The highest BCUT2D eigenvalue weighted by Gasteiger charge is 2.31. The van der Waals surface area contributed by atoms with Crippen LogP contribution in [0.25, 0.3) is 0 Å². The molecule has 2 aromatic rings. The van der Waals surface area contributed by atoms with E-state index in [0.29, 0.717) is 29.5 Å². The van der Waals surface area contributed by atoms with E-state index in [1.807, 2.05) is 24.3 Å². The van der Waals surface area contributed by atoms with Crippen molar-refractivity contribution in [2.24, 2.45) is 0 Å². The number of halogens is 3. The van der Waals surface area contributed by atoms with Gasteiger partial charge in [-0.25, -0.2) is 4.79 Å². The molecule has 0 spiro atoms. The number of rotatable bonds is 7. The topological polar surface area (TPSA) is 66.0 Å². The van der Waals surface area contributed by atoms with Crippen LogP contribution in [0.2, 0.25) is 0 Å². The quantitative estimate of drug-likeness (QED) is 0.644. The molecule has 1 unspecified atom stereocenters. The largest absolute Gasteiger partial charge is 0.573 e. The molecule has 156 valence electrons. The molecule has 2 aromatic carbocycles. The van der Waals surface area contributed by atoms with Crippen molar-refractivity contribution in [1.82, 2.24) is 0 Å². The van der Waals surface area contributed by atoms with Gasteiger partial charge in [-0.1, -0.05) is 12.1 Å². The zero-order valence-electron chi connectivity index (χ0n) is 15.1. The molecule has 29 heavy (non-hydrogen) atoms. The van der Waals surface area contributed by atoms with Crippen LogP contribution in [0.3, 0.4) is 0 Å². The Labute approximate surface area is 169 Å². The van der Waals surface area contributed by atoms with Gasteiger partial charge in [0.2, 0.25) is 0 Å². The third-order valence-corrected chi connectivity index (χ3v) is 4.73. The number of carbonyl (C=O) groups is 1. The maximum Gasteiger partial charge on any atom is 0.573 e. The summed E-state index contributed by atoms with van der Waals surface area (Å²) in [5.41, 5.74) is 0.295. The number of fused-ring (bicyclic) bond motifs is 1. The van der Waals surface area contributed by atoms with Crippen molar-refractivity contribution in [1.29, 1.82) is 0 Å². The fourth-order valence-corrected chi connectivity index (χ4v) is 3.24. The zero-order valence-corrected chi connectivity index (χ0v) is 15.9. The first kappa shape index (κ1) is 21.0. The lowest BCUT2D eigenvalue weighted by molar-refractivity contribution is -0.274. The maximum absolute atomic E-state index is 12.1. The fraction of sp³-hybridized carbons (Fsp3) is 0.316. The summed E-state index contributed by atoms with van der Waals surface area (Å²) in [4.78, 5) is 11.7. The first-order chi connectivity index (χ1) is 13.9. The summed E-state index contributed by atoms with van der Waals surface area (Å²) in [5, 5.41) is 2.43. The van der Waals surface area contributed by atoms with E-state index in [2.05, 4.69) is 10.1 Å². The maximum atomic E-state index is 12.1. The number of hydrogen-bond donors (Lipinski definition) is 1. The van der Waals surface area contributed by atoms with Gasteiger partial charge in [-0.15, -0.1) is 13.2 Å². The summed E-state index contributed by atoms with van der Waals surface area (Å²) in [6.45, 7) is 0.634. The van der Waals surface area contributed by atoms with Crippen molar-refractivity contribution in [2.45, 2.75) is 12.5 Å². The lowest BCUT2D eigenvalue weighted by Gasteiger charge is -2.26. The van der Waals surface area contributed by atoms with Crippen LogP contribution in [0.5, 0.6) is 17.2 Å². The van der Waals surface area contributed by atoms with Crippen LogP contribution in [0.4, 0.5) is 23.7 Å². The number of ether oxygens (including phenoxy) is 4. The van der Waals surface area contributed by atoms with Crippen LogP contribution < -0.4 is 19.5 Å². The molecule has 0 saturated carbocycles. The van der Waals surface area contributed by atoms with E-state index in [1.54, 1.807) is 11.8 Å². The second-order valence-electron chi connectivity index (χ2n) is 5.91. The molecule has 0 saturated heterocycles. The van der Waals surface area contributed by atoms with Gasteiger partial charge in [-0.3, -0.25) is 5.32 Å². The molecule has 0 aliphatic carbocycles. The molecule has 1 aliphatic heterocycles. The Kier molecular flexibility index (Phi) is 6.97. The second kappa shape index (κ2) is 9.64. The molecule has 3 rings (SSSR count). The highest BCUT2D eigenvalue weighted by atomic mass is 32.2. The number of amides is 1. The molecule has 6 nitrogen and oxygen atoms in total. The summed E-state index contributed by atoms with van der Waals surface area (Å²) in [5.74, 6) is 2.32. The highest BCUT2D eigenvalue weighted by Crippen LogP contribution is 2.31. The lowest BCUT2D eigenvalue weighted by atomic mass is 10.3. The molecule has 0 aromatic heterocycles. The monoisotopic (exact) mass is 429 g/mol. The summed E-state index contributed by atoms with van der Waals surface area (Å²) in [6.07, 6.45) is -5.54. The smallest absolute Gasteiger partial charge is 0.486 e. The minimum absolute atomic E-state index is 0.0823. The molecule has 0 radical (unpaired) electrons. The fourth-order valence-electron chi connectivity index (χ4n) is 2.45. The van der Waals surface area contributed by atoms with E-state index in [-0.39, 0.29) is 18.5 Å². The molecule has 0 fully saturated rings. The zero-order chi connectivity index (χ0) is 20.7. The Morgan fingerprint density at radius 3 is 2.59 bits per heavy atom. The summed E-state index contributed by atoms with van der Waals surface area (Å²) >= 11 is 1.56. The number of para-hydroxylation sites is 2. The van der Waals surface area contributed by atoms with Gasteiger partial charge in [-0.05, 0) is 36.4 Å². The Morgan fingerprint density at radius 1 is 1.14 bits per heavy atom. The molecular weight excluding hydrogens is 411 g/mol. The number of nitrogens with one attached hydrogen (secondary N) is 1. The first-order valence-corrected chi connectivity index (χ1v) is 9.80. The Bertz CT molecular complexity index is 816. The van der Waals surface area contributed by atoms with E-state index in [9.17, 15) is 18.0 Å². The molecule has 1 atom stereocenters.